The van der Waals surface area contributed by atoms with Crippen LogP contribution in [0, 0.1) is 11.3 Å². The molecule has 1 fully saturated rings. The van der Waals surface area contributed by atoms with Crippen LogP contribution in [0.5, 0.6) is 5.88 Å². The van der Waals surface area contributed by atoms with E-state index in [2.05, 4.69) is 31.7 Å². The van der Waals surface area contributed by atoms with E-state index in [1.165, 1.54) is 26.3 Å². The normalized spacial score (nSPS) is 17.0. The SMILES string of the molecule is C=CC(=O)Nc1ccc2c(c1)nc([C@H]1CCC[C@@H](Nc3ncc(C#N)c(OC)n3)C1)n2CCOC(C)=O. The number of benzene rings is 1. The van der Waals surface area contributed by atoms with Gasteiger partial charge >= 0.3 is 5.97 Å². The van der Waals surface area contributed by atoms with Crippen LogP contribution in [0.4, 0.5) is 11.6 Å². The zero-order valence-corrected chi connectivity index (χ0v) is 20.9. The average molecular weight is 504 g/mol. The number of aromatic nitrogens is 4. The molecule has 1 saturated carbocycles. The number of imidazole rings is 1. The molecule has 3 aromatic rings. The molecule has 2 atom stereocenters. The van der Waals surface area contributed by atoms with E-state index in [0.717, 1.165) is 42.5 Å². The van der Waals surface area contributed by atoms with Crippen molar-refractivity contribution in [1.82, 2.24) is 19.5 Å². The first-order valence-electron chi connectivity index (χ1n) is 12.1. The summed E-state index contributed by atoms with van der Waals surface area (Å²) in [7, 11) is 1.47. The number of carbonyl (C=O) groups excluding carboxylic acids is 2. The Morgan fingerprint density at radius 1 is 1.32 bits per heavy atom. The van der Waals surface area contributed by atoms with E-state index in [0.29, 0.717) is 18.2 Å². The summed E-state index contributed by atoms with van der Waals surface area (Å²) in [4.78, 5) is 36.7. The number of methoxy groups -OCH3 is 1. The molecule has 0 bridgehead atoms. The van der Waals surface area contributed by atoms with Gasteiger partial charge in [0.2, 0.25) is 17.7 Å². The number of esters is 1. The summed E-state index contributed by atoms with van der Waals surface area (Å²) in [6.07, 6.45) is 6.33. The van der Waals surface area contributed by atoms with E-state index >= 15 is 0 Å². The first-order chi connectivity index (χ1) is 17.9. The molecule has 2 N–H and O–H groups in total. The molecule has 0 radical (unpaired) electrons. The highest BCUT2D eigenvalue weighted by molar-refractivity contribution is 6.00. The molecular weight excluding hydrogens is 474 g/mol. The number of nitrogens with one attached hydrogen (secondary N) is 2. The Morgan fingerprint density at radius 2 is 2.16 bits per heavy atom. The molecule has 11 nitrogen and oxygen atoms in total. The third-order valence-corrected chi connectivity index (χ3v) is 6.29. The van der Waals surface area contributed by atoms with Crippen LogP contribution in [-0.4, -0.2) is 51.2 Å². The van der Waals surface area contributed by atoms with Gasteiger partial charge in [-0.05, 0) is 43.5 Å². The molecule has 1 aliphatic carbocycles. The van der Waals surface area contributed by atoms with Crippen molar-refractivity contribution >= 4 is 34.5 Å². The van der Waals surface area contributed by atoms with Crippen molar-refractivity contribution < 1.29 is 19.1 Å². The van der Waals surface area contributed by atoms with Gasteiger partial charge in [-0.15, -0.1) is 0 Å². The van der Waals surface area contributed by atoms with Gasteiger partial charge in [-0.2, -0.15) is 10.2 Å². The third-order valence-electron chi connectivity index (χ3n) is 6.29. The number of hydrogen-bond acceptors (Lipinski definition) is 9. The number of nitriles is 1. The van der Waals surface area contributed by atoms with Crippen LogP contribution in [0.1, 0.15) is 49.9 Å². The Bertz CT molecular complexity index is 1360. The molecule has 2 aromatic heterocycles. The van der Waals surface area contributed by atoms with E-state index in [4.69, 9.17) is 14.5 Å². The van der Waals surface area contributed by atoms with E-state index in [1.54, 1.807) is 0 Å². The van der Waals surface area contributed by atoms with Gasteiger partial charge in [0.05, 0.1) is 30.9 Å². The minimum Gasteiger partial charge on any atom is -0.480 e. The summed E-state index contributed by atoms with van der Waals surface area (Å²) in [5.41, 5.74) is 2.55. The van der Waals surface area contributed by atoms with Gasteiger partial charge in [-0.3, -0.25) is 9.59 Å². The predicted octanol–water partition coefficient (Wildman–Crippen LogP) is 3.53. The minimum atomic E-state index is -0.333. The monoisotopic (exact) mass is 503 g/mol. The number of carbonyl (C=O) groups is 2. The Labute approximate surface area is 214 Å². The summed E-state index contributed by atoms with van der Waals surface area (Å²) in [6, 6.07) is 7.68. The smallest absolute Gasteiger partial charge is 0.302 e. The number of anilines is 2. The van der Waals surface area contributed by atoms with Crippen molar-refractivity contribution in [3.8, 4) is 11.9 Å². The molecule has 4 rings (SSSR count). The second-order valence-electron chi connectivity index (χ2n) is 8.79. The van der Waals surface area contributed by atoms with Gasteiger partial charge in [0.15, 0.2) is 0 Å². The molecule has 0 unspecified atom stereocenters. The lowest BCUT2D eigenvalue weighted by Gasteiger charge is -2.30. The Hall–Kier alpha value is -4.46. The van der Waals surface area contributed by atoms with Crippen molar-refractivity contribution in [2.24, 2.45) is 0 Å². The lowest BCUT2D eigenvalue weighted by atomic mass is 9.85. The molecule has 0 saturated heterocycles. The van der Waals surface area contributed by atoms with Crippen LogP contribution < -0.4 is 15.4 Å². The van der Waals surface area contributed by atoms with E-state index < -0.39 is 0 Å². The first kappa shape index (κ1) is 25.6. The van der Waals surface area contributed by atoms with Gasteiger partial charge in [-0.1, -0.05) is 13.0 Å². The van der Waals surface area contributed by atoms with E-state index in [1.807, 2.05) is 24.3 Å². The number of hydrogen-bond donors (Lipinski definition) is 2. The van der Waals surface area contributed by atoms with Crippen molar-refractivity contribution in [2.75, 3.05) is 24.4 Å². The van der Waals surface area contributed by atoms with Crippen LogP contribution in [0.2, 0.25) is 0 Å². The third kappa shape index (κ3) is 6.03. The Kier molecular flexibility index (Phi) is 7.98. The highest BCUT2D eigenvalue weighted by Gasteiger charge is 2.28. The van der Waals surface area contributed by atoms with Crippen LogP contribution >= 0.6 is 0 Å². The summed E-state index contributed by atoms with van der Waals surface area (Å²) < 4.78 is 12.5. The fourth-order valence-electron chi connectivity index (χ4n) is 4.65. The van der Waals surface area contributed by atoms with E-state index in [9.17, 15) is 14.9 Å². The van der Waals surface area contributed by atoms with Crippen LogP contribution in [0.15, 0.2) is 37.1 Å². The highest BCUT2D eigenvalue weighted by atomic mass is 16.5. The molecule has 11 heteroatoms. The lowest BCUT2D eigenvalue weighted by molar-refractivity contribution is -0.141. The Morgan fingerprint density at radius 3 is 2.89 bits per heavy atom. The van der Waals surface area contributed by atoms with Gasteiger partial charge in [0.25, 0.3) is 0 Å². The number of ether oxygens (including phenoxy) is 2. The second-order valence-corrected chi connectivity index (χ2v) is 8.79. The summed E-state index contributed by atoms with van der Waals surface area (Å²) in [6.45, 7) is 5.58. The van der Waals surface area contributed by atoms with Gasteiger partial charge in [-0.25, -0.2) is 9.97 Å². The molecule has 0 spiro atoms. The minimum absolute atomic E-state index is 0.0977. The zero-order valence-electron chi connectivity index (χ0n) is 20.9. The quantitative estimate of drug-likeness (QED) is 0.331. The van der Waals surface area contributed by atoms with Crippen molar-refractivity contribution in [3.63, 3.8) is 0 Å². The fraction of sp³-hybridized carbons (Fsp3) is 0.385. The van der Waals surface area contributed by atoms with Crippen molar-refractivity contribution in [2.45, 2.75) is 51.1 Å². The molecular formula is C26H29N7O4. The second kappa shape index (κ2) is 11.5. The number of rotatable bonds is 9. The van der Waals surface area contributed by atoms with Gasteiger partial charge < -0.3 is 24.7 Å². The maximum atomic E-state index is 11.8. The molecule has 1 aromatic carbocycles. The lowest BCUT2D eigenvalue weighted by Crippen LogP contribution is -2.29. The maximum Gasteiger partial charge on any atom is 0.302 e. The standard InChI is InChI=1S/C26H29N7O4/c1-4-23(35)29-20-8-9-22-21(13-20)31-24(33(22)10-11-37-16(2)34)17-6-5-7-19(12-17)30-26-28-15-18(14-27)25(32-26)36-3/h4,8-9,13,15,17,19H,1,5-7,10-12H2,2-3H3,(H,29,35)(H,28,30,32)/t17-,19+/m0/s1. The molecule has 1 aliphatic rings. The van der Waals surface area contributed by atoms with E-state index in [-0.39, 0.29) is 41.9 Å². The molecule has 1 amide bonds. The van der Waals surface area contributed by atoms with Crippen LogP contribution in [0.25, 0.3) is 11.0 Å². The summed E-state index contributed by atoms with van der Waals surface area (Å²) in [5, 5.41) is 15.3. The van der Waals surface area contributed by atoms with Crippen LogP contribution in [-0.2, 0) is 20.9 Å². The number of amides is 1. The van der Waals surface area contributed by atoms with Crippen molar-refractivity contribution in [1.29, 1.82) is 5.26 Å². The number of fused-ring (bicyclic) bond motifs is 1. The molecule has 37 heavy (non-hydrogen) atoms. The van der Waals surface area contributed by atoms with Gasteiger partial charge in [0.1, 0.15) is 24.1 Å². The topological polar surface area (TPSA) is 144 Å². The average Bonchev–Trinajstić information content (AvgIpc) is 3.26. The molecule has 192 valence electrons. The highest BCUT2D eigenvalue weighted by Crippen LogP contribution is 2.36. The Balaban J connectivity index is 1.59. The van der Waals surface area contributed by atoms with Crippen molar-refractivity contribution in [3.05, 3.63) is 48.4 Å². The molecule has 0 aliphatic heterocycles. The summed E-state index contributed by atoms with van der Waals surface area (Å²) in [5.74, 6) is 1.06. The predicted molar refractivity (Wildman–Crippen MR) is 137 cm³/mol. The molecule has 2 heterocycles. The fourth-order valence-corrected chi connectivity index (χ4v) is 4.65. The summed E-state index contributed by atoms with van der Waals surface area (Å²) >= 11 is 0. The number of nitrogens with zero attached hydrogens (tertiary/aromatic N) is 5. The zero-order chi connectivity index (χ0) is 26.4. The largest absolute Gasteiger partial charge is 0.480 e. The van der Waals surface area contributed by atoms with Crippen LogP contribution in [0.3, 0.4) is 0 Å². The first-order valence-corrected chi connectivity index (χ1v) is 12.1. The van der Waals surface area contributed by atoms with Gasteiger partial charge in [0, 0.05) is 24.6 Å². The maximum absolute atomic E-state index is 11.8.